The lowest BCUT2D eigenvalue weighted by atomic mass is 9.99. The second-order valence-corrected chi connectivity index (χ2v) is 5.07. The van der Waals surface area contributed by atoms with Gasteiger partial charge in [-0.2, -0.15) is 0 Å². The first-order valence-corrected chi connectivity index (χ1v) is 6.76. The fourth-order valence-corrected chi connectivity index (χ4v) is 2.61. The standard InChI is InChI=1S/C15H19N3O/c1-18-8-2-3-13-9-12(4-5-15(13)18)10-16-11-14-6-7-17-19-14/h4-7,9,16H,2-3,8,10-11H2,1H3. The number of aromatic nitrogens is 1. The van der Waals surface area contributed by atoms with E-state index in [4.69, 9.17) is 4.52 Å². The molecule has 0 radical (unpaired) electrons. The molecular weight excluding hydrogens is 238 g/mol. The minimum absolute atomic E-state index is 0.719. The van der Waals surface area contributed by atoms with Gasteiger partial charge in [-0.15, -0.1) is 0 Å². The van der Waals surface area contributed by atoms with Gasteiger partial charge in [-0.25, -0.2) is 0 Å². The van der Waals surface area contributed by atoms with Crippen LogP contribution in [-0.4, -0.2) is 18.7 Å². The van der Waals surface area contributed by atoms with Crippen molar-refractivity contribution in [3.05, 3.63) is 47.3 Å². The zero-order valence-electron chi connectivity index (χ0n) is 11.2. The van der Waals surface area contributed by atoms with Crippen molar-refractivity contribution >= 4 is 5.69 Å². The Labute approximate surface area is 113 Å². The van der Waals surface area contributed by atoms with Crippen molar-refractivity contribution in [3.63, 3.8) is 0 Å². The Morgan fingerprint density at radius 2 is 2.26 bits per heavy atom. The number of hydrogen-bond acceptors (Lipinski definition) is 4. The van der Waals surface area contributed by atoms with Crippen LogP contribution < -0.4 is 10.2 Å². The molecule has 0 fully saturated rings. The van der Waals surface area contributed by atoms with Gasteiger partial charge >= 0.3 is 0 Å². The van der Waals surface area contributed by atoms with E-state index in [1.807, 2.05) is 6.07 Å². The summed E-state index contributed by atoms with van der Waals surface area (Å²) >= 11 is 0. The van der Waals surface area contributed by atoms with Gasteiger partial charge in [0.15, 0.2) is 0 Å². The number of benzene rings is 1. The van der Waals surface area contributed by atoms with E-state index in [2.05, 4.69) is 40.6 Å². The van der Waals surface area contributed by atoms with E-state index >= 15 is 0 Å². The maximum absolute atomic E-state index is 5.06. The van der Waals surface area contributed by atoms with Gasteiger partial charge in [-0.1, -0.05) is 17.3 Å². The molecule has 3 rings (SSSR count). The van der Waals surface area contributed by atoms with Crippen molar-refractivity contribution in [2.75, 3.05) is 18.5 Å². The Kier molecular flexibility index (Phi) is 3.51. The molecule has 0 aliphatic carbocycles. The van der Waals surface area contributed by atoms with E-state index in [0.29, 0.717) is 0 Å². The summed E-state index contributed by atoms with van der Waals surface area (Å²) in [5.74, 6) is 0.873. The third-order valence-corrected chi connectivity index (χ3v) is 3.61. The molecule has 1 N–H and O–H groups in total. The van der Waals surface area contributed by atoms with Gasteiger partial charge in [0.2, 0.25) is 0 Å². The molecular formula is C15H19N3O. The highest BCUT2D eigenvalue weighted by molar-refractivity contribution is 5.56. The molecule has 4 heteroatoms. The average molecular weight is 257 g/mol. The molecule has 100 valence electrons. The number of anilines is 1. The number of rotatable bonds is 4. The molecule has 1 aromatic heterocycles. The van der Waals surface area contributed by atoms with Gasteiger partial charge in [0.1, 0.15) is 5.76 Å². The van der Waals surface area contributed by atoms with E-state index in [0.717, 1.165) is 25.4 Å². The Balaban J connectivity index is 1.62. The highest BCUT2D eigenvalue weighted by atomic mass is 16.5. The summed E-state index contributed by atoms with van der Waals surface area (Å²) in [5, 5.41) is 7.07. The first kappa shape index (κ1) is 12.2. The third kappa shape index (κ3) is 2.79. The lowest BCUT2D eigenvalue weighted by Gasteiger charge is -2.27. The first-order valence-electron chi connectivity index (χ1n) is 6.76. The van der Waals surface area contributed by atoms with Gasteiger partial charge in [-0.05, 0) is 30.0 Å². The maximum Gasteiger partial charge on any atom is 0.150 e. The summed E-state index contributed by atoms with van der Waals surface area (Å²) in [5.41, 5.74) is 4.17. The van der Waals surface area contributed by atoms with E-state index in [9.17, 15) is 0 Å². The first-order chi connectivity index (χ1) is 9.33. The predicted molar refractivity (Wildman–Crippen MR) is 75.1 cm³/mol. The van der Waals surface area contributed by atoms with Crippen LogP contribution in [0.25, 0.3) is 0 Å². The average Bonchev–Trinajstić information content (AvgIpc) is 2.92. The largest absolute Gasteiger partial charge is 0.374 e. The molecule has 4 nitrogen and oxygen atoms in total. The zero-order valence-corrected chi connectivity index (χ0v) is 11.2. The van der Waals surface area contributed by atoms with Crippen molar-refractivity contribution in [2.45, 2.75) is 25.9 Å². The molecule has 19 heavy (non-hydrogen) atoms. The Morgan fingerprint density at radius 3 is 3.11 bits per heavy atom. The zero-order chi connectivity index (χ0) is 13.1. The smallest absolute Gasteiger partial charge is 0.150 e. The molecule has 0 saturated carbocycles. The molecule has 0 amide bonds. The van der Waals surface area contributed by atoms with Gasteiger partial charge < -0.3 is 14.7 Å². The normalized spacial score (nSPS) is 14.5. The van der Waals surface area contributed by atoms with E-state index in [1.54, 1.807) is 6.20 Å². The van der Waals surface area contributed by atoms with Crippen LogP contribution in [0, 0.1) is 0 Å². The summed E-state index contributed by atoms with van der Waals surface area (Å²) in [6, 6.07) is 8.64. The summed E-state index contributed by atoms with van der Waals surface area (Å²) in [6.07, 6.45) is 4.11. The minimum Gasteiger partial charge on any atom is -0.374 e. The fraction of sp³-hybridized carbons (Fsp3) is 0.400. The predicted octanol–water partition coefficient (Wildman–Crippen LogP) is 2.35. The van der Waals surface area contributed by atoms with Crippen LogP contribution in [0.15, 0.2) is 35.0 Å². The van der Waals surface area contributed by atoms with Crippen molar-refractivity contribution in [1.82, 2.24) is 10.5 Å². The molecule has 0 bridgehead atoms. The van der Waals surface area contributed by atoms with Crippen LogP contribution in [0.1, 0.15) is 23.3 Å². The highest BCUT2D eigenvalue weighted by Gasteiger charge is 2.13. The van der Waals surface area contributed by atoms with Crippen LogP contribution in [0.4, 0.5) is 5.69 Å². The maximum atomic E-state index is 5.06. The van der Waals surface area contributed by atoms with Gasteiger partial charge in [0.25, 0.3) is 0 Å². The SMILES string of the molecule is CN1CCCc2cc(CNCc3ccno3)ccc21. The number of nitrogens with zero attached hydrogens (tertiary/aromatic N) is 2. The summed E-state index contributed by atoms with van der Waals surface area (Å²) in [7, 11) is 2.17. The second-order valence-electron chi connectivity index (χ2n) is 5.07. The number of hydrogen-bond donors (Lipinski definition) is 1. The van der Waals surface area contributed by atoms with E-state index < -0.39 is 0 Å². The molecule has 2 aromatic rings. The van der Waals surface area contributed by atoms with Gasteiger partial charge in [0.05, 0.1) is 12.7 Å². The molecule has 0 atom stereocenters. The van der Waals surface area contributed by atoms with Crippen LogP contribution >= 0.6 is 0 Å². The van der Waals surface area contributed by atoms with Crippen LogP contribution in [0.5, 0.6) is 0 Å². The Bertz CT molecular complexity index is 536. The number of aryl methyl sites for hydroxylation is 1. The van der Waals surface area contributed by atoms with E-state index in [-0.39, 0.29) is 0 Å². The van der Waals surface area contributed by atoms with Gasteiger partial charge in [0, 0.05) is 31.9 Å². The van der Waals surface area contributed by atoms with Crippen molar-refractivity contribution < 1.29 is 4.52 Å². The fourth-order valence-electron chi connectivity index (χ4n) is 2.61. The van der Waals surface area contributed by atoms with Crippen LogP contribution in [0.3, 0.4) is 0 Å². The van der Waals surface area contributed by atoms with Crippen LogP contribution in [0.2, 0.25) is 0 Å². The number of nitrogens with one attached hydrogen (secondary N) is 1. The monoisotopic (exact) mass is 257 g/mol. The molecule has 0 spiro atoms. The van der Waals surface area contributed by atoms with Crippen molar-refractivity contribution in [3.8, 4) is 0 Å². The lowest BCUT2D eigenvalue weighted by molar-refractivity contribution is 0.373. The van der Waals surface area contributed by atoms with Gasteiger partial charge in [-0.3, -0.25) is 0 Å². The molecule has 2 heterocycles. The van der Waals surface area contributed by atoms with Crippen molar-refractivity contribution in [1.29, 1.82) is 0 Å². The second kappa shape index (κ2) is 5.45. The molecule has 0 saturated heterocycles. The Morgan fingerprint density at radius 1 is 1.32 bits per heavy atom. The lowest BCUT2D eigenvalue weighted by Crippen LogP contribution is -2.24. The molecule has 1 aliphatic rings. The third-order valence-electron chi connectivity index (χ3n) is 3.61. The quantitative estimate of drug-likeness (QED) is 0.913. The number of fused-ring (bicyclic) bond motifs is 1. The molecule has 0 unspecified atom stereocenters. The summed E-state index contributed by atoms with van der Waals surface area (Å²) in [6.45, 7) is 2.74. The van der Waals surface area contributed by atoms with Crippen molar-refractivity contribution in [2.24, 2.45) is 0 Å². The molecule has 1 aromatic carbocycles. The highest BCUT2D eigenvalue weighted by Crippen LogP contribution is 2.26. The summed E-state index contributed by atoms with van der Waals surface area (Å²) in [4.78, 5) is 2.34. The summed E-state index contributed by atoms with van der Waals surface area (Å²) < 4.78 is 5.06. The van der Waals surface area contributed by atoms with E-state index in [1.165, 1.54) is 29.7 Å². The minimum atomic E-state index is 0.719. The Hall–Kier alpha value is -1.81. The van der Waals surface area contributed by atoms with Crippen LogP contribution in [-0.2, 0) is 19.5 Å². The molecule has 1 aliphatic heterocycles. The topological polar surface area (TPSA) is 41.3 Å².